The molecule has 0 radical (unpaired) electrons. The Labute approximate surface area is 150 Å². The van der Waals surface area contributed by atoms with Crippen molar-refractivity contribution in [2.75, 3.05) is 25.1 Å². The summed E-state index contributed by atoms with van der Waals surface area (Å²) in [6.07, 6.45) is 10.5. The number of hydrogen-bond donors (Lipinski definition) is 1. The normalized spacial score (nSPS) is 20.6. The number of rotatable bonds is 4. The summed E-state index contributed by atoms with van der Waals surface area (Å²) in [5, 5.41) is 11.6. The summed E-state index contributed by atoms with van der Waals surface area (Å²) in [6, 6.07) is 4.15. The Morgan fingerprint density at radius 3 is 2.32 bits per heavy atom. The highest BCUT2D eigenvalue weighted by atomic mass is 16.5. The molecular formula is C19H30N4O2. The third kappa shape index (κ3) is 5.06. The van der Waals surface area contributed by atoms with Gasteiger partial charge in [0.1, 0.15) is 0 Å². The molecule has 1 saturated carbocycles. The predicted molar refractivity (Wildman–Crippen MR) is 97.8 cm³/mol. The van der Waals surface area contributed by atoms with Gasteiger partial charge >= 0.3 is 0 Å². The van der Waals surface area contributed by atoms with Gasteiger partial charge in [-0.15, -0.1) is 10.2 Å². The number of hydrogen-bond acceptors (Lipinski definition) is 5. The van der Waals surface area contributed by atoms with Gasteiger partial charge in [0.05, 0.1) is 7.11 Å². The van der Waals surface area contributed by atoms with Gasteiger partial charge in [0, 0.05) is 31.1 Å². The van der Waals surface area contributed by atoms with E-state index in [0.29, 0.717) is 11.9 Å². The van der Waals surface area contributed by atoms with E-state index in [2.05, 4.69) is 20.4 Å². The number of nitrogens with zero attached hydrogens (tertiary/aromatic N) is 3. The van der Waals surface area contributed by atoms with Crippen LogP contribution in [0, 0.1) is 5.92 Å². The number of carbonyl (C=O) groups is 1. The molecule has 0 bridgehead atoms. The van der Waals surface area contributed by atoms with E-state index in [9.17, 15) is 4.79 Å². The molecule has 2 heterocycles. The number of ether oxygens (including phenoxy) is 1. The molecule has 0 spiro atoms. The van der Waals surface area contributed by atoms with Gasteiger partial charge in [-0.2, -0.15) is 0 Å². The third-order valence-electron chi connectivity index (χ3n) is 5.48. The number of piperidine rings is 1. The lowest BCUT2D eigenvalue weighted by Gasteiger charge is -2.33. The number of anilines is 1. The first kappa shape index (κ1) is 18.0. The van der Waals surface area contributed by atoms with E-state index < -0.39 is 0 Å². The Hall–Kier alpha value is -1.85. The summed E-state index contributed by atoms with van der Waals surface area (Å²) in [6.45, 7) is 1.70. The van der Waals surface area contributed by atoms with Crippen LogP contribution in [0.5, 0.6) is 5.88 Å². The van der Waals surface area contributed by atoms with Crippen LogP contribution in [-0.2, 0) is 4.79 Å². The van der Waals surface area contributed by atoms with Gasteiger partial charge in [-0.05, 0) is 31.7 Å². The average molecular weight is 346 g/mol. The van der Waals surface area contributed by atoms with Crippen LogP contribution in [0.1, 0.15) is 57.8 Å². The molecule has 1 aliphatic carbocycles. The number of carbonyl (C=O) groups excluding carboxylic acids is 1. The molecule has 1 amide bonds. The highest BCUT2D eigenvalue weighted by Gasteiger charge is 2.27. The summed E-state index contributed by atoms with van der Waals surface area (Å²) < 4.78 is 5.05. The molecule has 0 unspecified atom stereocenters. The Kier molecular flexibility index (Phi) is 6.48. The lowest BCUT2D eigenvalue weighted by Crippen LogP contribution is -2.44. The average Bonchev–Trinajstić information content (AvgIpc) is 2.64. The Bertz CT molecular complexity index is 533. The molecule has 1 saturated heterocycles. The van der Waals surface area contributed by atoms with Crippen LogP contribution in [0.15, 0.2) is 12.1 Å². The zero-order valence-corrected chi connectivity index (χ0v) is 15.2. The molecule has 6 nitrogen and oxygen atoms in total. The first-order chi connectivity index (χ1) is 12.3. The van der Waals surface area contributed by atoms with Gasteiger partial charge < -0.3 is 15.0 Å². The van der Waals surface area contributed by atoms with Crippen LogP contribution >= 0.6 is 0 Å². The number of nitrogens with one attached hydrogen (secondary N) is 1. The molecule has 138 valence electrons. The molecule has 1 aliphatic heterocycles. The van der Waals surface area contributed by atoms with Crippen molar-refractivity contribution < 1.29 is 9.53 Å². The molecule has 6 heteroatoms. The van der Waals surface area contributed by atoms with Gasteiger partial charge in [-0.25, -0.2) is 0 Å². The van der Waals surface area contributed by atoms with Crippen LogP contribution in [0.3, 0.4) is 0 Å². The smallest absolute Gasteiger partial charge is 0.233 e. The largest absolute Gasteiger partial charge is 0.480 e. The Morgan fingerprint density at radius 2 is 1.72 bits per heavy atom. The van der Waals surface area contributed by atoms with Crippen molar-refractivity contribution in [2.45, 2.75) is 63.8 Å². The van der Waals surface area contributed by atoms with Crippen LogP contribution < -0.4 is 15.0 Å². The fourth-order valence-corrected chi connectivity index (χ4v) is 3.88. The van der Waals surface area contributed by atoms with Gasteiger partial charge in [-0.1, -0.05) is 32.1 Å². The van der Waals surface area contributed by atoms with E-state index in [1.165, 1.54) is 32.1 Å². The molecule has 0 atom stereocenters. The minimum atomic E-state index is 0.132. The summed E-state index contributed by atoms with van der Waals surface area (Å²) in [4.78, 5) is 14.8. The molecular weight excluding hydrogens is 316 g/mol. The second-order valence-electron chi connectivity index (χ2n) is 7.25. The first-order valence-electron chi connectivity index (χ1n) is 9.69. The van der Waals surface area contributed by atoms with Gasteiger partial charge in [-0.3, -0.25) is 4.79 Å². The van der Waals surface area contributed by atoms with Crippen molar-refractivity contribution in [2.24, 2.45) is 5.92 Å². The monoisotopic (exact) mass is 346 g/mol. The van der Waals surface area contributed by atoms with E-state index in [0.717, 1.165) is 44.6 Å². The number of aromatic nitrogens is 2. The summed E-state index contributed by atoms with van der Waals surface area (Å²) in [5.41, 5.74) is 0. The zero-order valence-electron chi connectivity index (χ0n) is 15.2. The van der Waals surface area contributed by atoms with E-state index in [-0.39, 0.29) is 11.8 Å². The second-order valence-corrected chi connectivity index (χ2v) is 7.25. The molecule has 1 aromatic rings. The molecule has 1 aromatic heterocycles. The van der Waals surface area contributed by atoms with Crippen LogP contribution in [-0.4, -0.2) is 42.3 Å². The standard InChI is InChI=1S/C19H30N4O2/c1-25-18-10-9-17(21-22-18)23-13-11-15(12-14-23)19(24)20-16-7-5-3-2-4-6-8-16/h9-10,15-16H,2-8,11-14H2,1H3,(H,20,24). The molecule has 1 N–H and O–H groups in total. The predicted octanol–water partition coefficient (Wildman–Crippen LogP) is 2.93. The minimum absolute atomic E-state index is 0.132. The zero-order chi connectivity index (χ0) is 17.5. The topological polar surface area (TPSA) is 67.3 Å². The number of methoxy groups -OCH3 is 1. The molecule has 25 heavy (non-hydrogen) atoms. The van der Waals surface area contributed by atoms with E-state index >= 15 is 0 Å². The van der Waals surface area contributed by atoms with E-state index in [1.54, 1.807) is 7.11 Å². The van der Waals surface area contributed by atoms with Crippen LogP contribution in [0.25, 0.3) is 0 Å². The van der Waals surface area contributed by atoms with Crippen LogP contribution in [0.2, 0.25) is 0 Å². The molecule has 2 fully saturated rings. The lowest BCUT2D eigenvalue weighted by molar-refractivity contribution is -0.126. The third-order valence-corrected chi connectivity index (χ3v) is 5.48. The van der Waals surface area contributed by atoms with E-state index in [1.807, 2.05) is 12.1 Å². The van der Waals surface area contributed by atoms with Gasteiger partial charge in [0.2, 0.25) is 11.8 Å². The highest BCUT2D eigenvalue weighted by Crippen LogP contribution is 2.23. The minimum Gasteiger partial charge on any atom is -0.480 e. The van der Waals surface area contributed by atoms with Crippen molar-refractivity contribution in [1.29, 1.82) is 0 Å². The summed E-state index contributed by atoms with van der Waals surface area (Å²) in [5.74, 6) is 1.77. The number of amides is 1. The van der Waals surface area contributed by atoms with Gasteiger partial charge in [0.25, 0.3) is 0 Å². The van der Waals surface area contributed by atoms with Crippen molar-refractivity contribution in [3.63, 3.8) is 0 Å². The highest BCUT2D eigenvalue weighted by molar-refractivity contribution is 5.79. The quantitative estimate of drug-likeness (QED) is 0.908. The van der Waals surface area contributed by atoms with Crippen molar-refractivity contribution in [3.8, 4) is 5.88 Å². The van der Waals surface area contributed by atoms with E-state index in [4.69, 9.17) is 4.74 Å². The van der Waals surface area contributed by atoms with Crippen LogP contribution in [0.4, 0.5) is 5.82 Å². The maximum atomic E-state index is 12.6. The maximum absolute atomic E-state index is 12.6. The Morgan fingerprint density at radius 1 is 1.04 bits per heavy atom. The SMILES string of the molecule is COc1ccc(N2CCC(C(=O)NC3CCCCCCC3)CC2)nn1. The fourth-order valence-electron chi connectivity index (χ4n) is 3.88. The second kappa shape index (κ2) is 9.02. The van der Waals surface area contributed by atoms with Crippen molar-refractivity contribution in [3.05, 3.63) is 12.1 Å². The molecule has 2 aliphatic rings. The summed E-state index contributed by atoms with van der Waals surface area (Å²) >= 11 is 0. The Balaban J connectivity index is 1.46. The molecule has 0 aromatic carbocycles. The first-order valence-corrected chi connectivity index (χ1v) is 9.69. The van der Waals surface area contributed by atoms with Crippen molar-refractivity contribution >= 4 is 11.7 Å². The lowest BCUT2D eigenvalue weighted by atomic mass is 9.93. The van der Waals surface area contributed by atoms with Gasteiger partial charge in [0.15, 0.2) is 5.82 Å². The molecule has 3 rings (SSSR count). The summed E-state index contributed by atoms with van der Waals surface area (Å²) in [7, 11) is 1.59. The van der Waals surface area contributed by atoms with Crippen molar-refractivity contribution in [1.82, 2.24) is 15.5 Å². The fraction of sp³-hybridized carbons (Fsp3) is 0.737. The maximum Gasteiger partial charge on any atom is 0.233 e.